The number of amides is 1. The van der Waals surface area contributed by atoms with E-state index in [0.29, 0.717) is 6.07 Å². The minimum atomic E-state index is -4.67. The highest BCUT2D eigenvalue weighted by molar-refractivity contribution is 5.98. The molecule has 2 N–H and O–H groups in total. The van der Waals surface area contributed by atoms with E-state index in [1.54, 1.807) is 0 Å². The quantitative estimate of drug-likeness (QED) is 0.830. The van der Waals surface area contributed by atoms with E-state index in [-0.39, 0.29) is 17.9 Å². The Morgan fingerprint density at radius 1 is 1.40 bits per heavy atom. The zero-order valence-electron chi connectivity index (χ0n) is 10.7. The lowest BCUT2D eigenvalue weighted by atomic mass is 10.2. The van der Waals surface area contributed by atoms with Crippen LogP contribution in [0.3, 0.4) is 0 Å². The van der Waals surface area contributed by atoms with Crippen molar-refractivity contribution in [2.24, 2.45) is 5.73 Å². The summed E-state index contributed by atoms with van der Waals surface area (Å²) in [5, 5.41) is 0. The van der Waals surface area contributed by atoms with Gasteiger partial charge in [0.25, 0.3) is 5.91 Å². The van der Waals surface area contributed by atoms with Gasteiger partial charge < -0.3 is 15.4 Å². The number of hydrogen-bond acceptors (Lipinski definition) is 5. The number of carbonyl (C=O) groups is 2. The van der Waals surface area contributed by atoms with Crippen LogP contribution < -0.4 is 10.6 Å². The minimum absolute atomic E-state index is 0.218. The maximum absolute atomic E-state index is 12.6. The minimum Gasteiger partial charge on any atom is -0.468 e. The first-order chi connectivity index (χ1) is 9.16. The first-order valence-electron chi connectivity index (χ1n) is 5.32. The van der Waals surface area contributed by atoms with E-state index < -0.39 is 23.7 Å². The molecule has 6 nitrogen and oxygen atoms in total. The number of halogens is 3. The van der Waals surface area contributed by atoms with Crippen molar-refractivity contribution in [3.8, 4) is 0 Å². The van der Waals surface area contributed by atoms with Gasteiger partial charge in [-0.1, -0.05) is 0 Å². The van der Waals surface area contributed by atoms with Gasteiger partial charge in [0.15, 0.2) is 0 Å². The third kappa shape index (κ3) is 3.59. The highest BCUT2D eigenvalue weighted by Gasteiger charge is 2.34. The molecule has 1 aromatic rings. The molecular formula is C11H12F3N3O3. The number of carbonyl (C=O) groups excluding carboxylic acids is 2. The molecule has 1 rings (SSSR count). The molecule has 9 heteroatoms. The summed E-state index contributed by atoms with van der Waals surface area (Å²) in [7, 11) is 2.43. The van der Waals surface area contributed by atoms with Crippen LogP contribution in [-0.2, 0) is 15.7 Å². The molecule has 0 unspecified atom stereocenters. The molecule has 0 saturated carbocycles. The number of nitrogens with zero attached hydrogens (tertiary/aromatic N) is 2. The summed E-state index contributed by atoms with van der Waals surface area (Å²) < 4.78 is 42.2. The van der Waals surface area contributed by atoms with Crippen LogP contribution in [0.25, 0.3) is 0 Å². The van der Waals surface area contributed by atoms with Crippen molar-refractivity contribution in [2.45, 2.75) is 6.18 Å². The number of anilines is 1. The molecular weight excluding hydrogens is 279 g/mol. The molecule has 0 radical (unpaired) electrons. The van der Waals surface area contributed by atoms with Crippen LogP contribution in [-0.4, -0.2) is 37.6 Å². The number of nitrogens with two attached hydrogens (primary N) is 1. The summed E-state index contributed by atoms with van der Waals surface area (Å²) in [6.45, 7) is -0.370. The van der Waals surface area contributed by atoms with Crippen LogP contribution >= 0.6 is 0 Å². The summed E-state index contributed by atoms with van der Waals surface area (Å²) in [4.78, 5) is 26.7. The molecule has 0 aliphatic heterocycles. The van der Waals surface area contributed by atoms with Crippen LogP contribution in [0.15, 0.2) is 12.1 Å². The summed E-state index contributed by atoms with van der Waals surface area (Å²) in [6.07, 6.45) is -4.67. The van der Waals surface area contributed by atoms with E-state index in [0.717, 1.165) is 18.1 Å². The molecule has 0 saturated heterocycles. The second kappa shape index (κ2) is 5.76. The van der Waals surface area contributed by atoms with E-state index in [1.165, 1.54) is 7.05 Å². The average Bonchev–Trinajstić information content (AvgIpc) is 2.36. The standard InChI is InChI=1S/C11H12F3N3O3/c1-17(5-8(18)20-2)10-6(9(15)19)3-4-7(16-10)11(12,13)14/h3-4H,5H2,1-2H3,(H2,15,19). The fourth-order valence-electron chi connectivity index (χ4n) is 1.42. The van der Waals surface area contributed by atoms with Crippen LogP contribution in [0.5, 0.6) is 0 Å². The van der Waals surface area contributed by atoms with Gasteiger partial charge in [0.1, 0.15) is 18.1 Å². The molecule has 0 aromatic carbocycles. The van der Waals surface area contributed by atoms with Crippen LogP contribution in [0, 0.1) is 0 Å². The van der Waals surface area contributed by atoms with Crippen molar-refractivity contribution < 1.29 is 27.5 Å². The van der Waals surface area contributed by atoms with Crippen molar-refractivity contribution in [3.63, 3.8) is 0 Å². The third-order valence-electron chi connectivity index (χ3n) is 2.39. The Kier molecular flexibility index (Phi) is 4.53. The predicted octanol–water partition coefficient (Wildman–Crippen LogP) is 0.808. The van der Waals surface area contributed by atoms with E-state index in [2.05, 4.69) is 9.72 Å². The Morgan fingerprint density at radius 2 is 2.00 bits per heavy atom. The molecule has 0 aliphatic rings. The van der Waals surface area contributed by atoms with Crippen molar-refractivity contribution >= 4 is 17.7 Å². The maximum atomic E-state index is 12.6. The highest BCUT2D eigenvalue weighted by atomic mass is 19.4. The van der Waals surface area contributed by atoms with Gasteiger partial charge in [0.05, 0.1) is 12.7 Å². The predicted molar refractivity (Wildman–Crippen MR) is 63.0 cm³/mol. The van der Waals surface area contributed by atoms with Gasteiger partial charge in [-0.05, 0) is 12.1 Å². The monoisotopic (exact) mass is 291 g/mol. The molecule has 0 fully saturated rings. The van der Waals surface area contributed by atoms with Gasteiger partial charge in [-0.2, -0.15) is 13.2 Å². The third-order valence-corrected chi connectivity index (χ3v) is 2.39. The number of esters is 1. The fraction of sp³-hybridized carbons (Fsp3) is 0.364. The topological polar surface area (TPSA) is 85.5 Å². The fourth-order valence-corrected chi connectivity index (χ4v) is 1.42. The van der Waals surface area contributed by atoms with Gasteiger partial charge >= 0.3 is 12.1 Å². The normalized spacial score (nSPS) is 11.1. The first kappa shape index (κ1) is 15.7. The number of aromatic nitrogens is 1. The van der Waals surface area contributed by atoms with Crippen LogP contribution in [0.4, 0.5) is 19.0 Å². The molecule has 20 heavy (non-hydrogen) atoms. The highest BCUT2D eigenvalue weighted by Crippen LogP contribution is 2.30. The number of alkyl halides is 3. The lowest BCUT2D eigenvalue weighted by Crippen LogP contribution is -2.30. The summed E-state index contributed by atoms with van der Waals surface area (Å²) in [6, 6.07) is 1.57. The van der Waals surface area contributed by atoms with E-state index in [1.807, 2.05) is 0 Å². The molecule has 1 heterocycles. The SMILES string of the molecule is COC(=O)CN(C)c1nc(C(F)(F)F)ccc1C(N)=O. The zero-order chi connectivity index (χ0) is 15.5. The lowest BCUT2D eigenvalue weighted by Gasteiger charge is -2.20. The molecule has 0 bridgehead atoms. The Bertz CT molecular complexity index is 531. The maximum Gasteiger partial charge on any atom is 0.433 e. The second-order valence-corrected chi connectivity index (χ2v) is 3.86. The number of methoxy groups -OCH3 is 1. The number of ether oxygens (including phenoxy) is 1. The van der Waals surface area contributed by atoms with Gasteiger partial charge in [-0.15, -0.1) is 0 Å². The summed E-state index contributed by atoms with van der Waals surface area (Å²) >= 11 is 0. The number of likely N-dealkylation sites (N-methyl/N-ethyl adjacent to an activating group) is 1. The Hall–Kier alpha value is -2.32. The lowest BCUT2D eigenvalue weighted by molar-refractivity contribution is -0.141. The molecule has 0 atom stereocenters. The second-order valence-electron chi connectivity index (χ2n) is 3.86. The molecule has 0 aliphatic carbocycles. The van der Waals surface area contributed by atoms with E-state index in [4.69, 9.17) is 5.73 Å². The van der Waals surface area contributed by atoms with Crippen molar-refractivity contribution in [1.29, 1.82) is 0 Å². The van der Waals surface area contributed by atoms with Gasteiger partial charge in [-0.25, -0.2) is 4.98 Å². The van der Waals surface area contributed by atoms with E-state index in [9.17, 15) is 22.8 Å². The molecule has 0 spiro atoms. The van der Waals surface area contributed by atoms with Crippen LogP contribution in [0.1, 0.15) is 16.1 Å². The van der Waals surface area contributed by atoms with Crippen molar-refractivity contribution in [2.75, 3.05) is 25.6 Å². The Morgan fingerprint density at radius 3 is 2.45 bits per heavy atom. The summed E-state index contributed by atoms with van der Waals surface area (Å²) in [5.74, 6) is -1.97. The van der Waals surface area contributed by atoms with Crippen molar-refractivity contribution in [1.82, 2.24) is 4.98 Å². The largest absolute Gasteiger partial charge is 0.468 e. The number of rotatable bonds is 4. The number of primary amides is 1. The van der Waals surface area contributed by atoms with Crippen LogP contribution in [0.2, 0.25) is 0 Å². The first-order valence-corrected chi connectivity index (χ1v) is 5.32. The van der Waals surface area contributed by atoms with Gasteiger partial charge in [-0.3, -0.25) is 9.59 Å². The smallest absolute Gasteiger partial charge is 0.433 e. The molecule has 110 valence electrons. The summed E-state index contributed by atoms with van der Waals surface area (Å²) in [5.41, 5.74) is 3.67. The zero-order valence-corrected chi connectivity index (χ0v) is 10.7. The van der Waals surface area contributed by atoms with Gasteiger partial charge in [0.2, 0.25) is 0 Å². The Labute approximate surface area is 112 Å². The number of pyridine rings is 1. The molecule has 1 amide bonds. The Balaban J connectivity index is 3.25. The molecule has 1 aromatic heterocycles. The van der Waals surface area contributed by atoms with E-state index >= 15 is 0 Å². The van der Waals surface area contributed by atoms with Gasteiger partial charge in [0, 0.05) is 7.05 Å². The van der Waals surface area contributed by atoms with Crippen molar-refractivity contribution in [3.05, 3.63) is 23.4 Å². The number of hydrogen-bond donors (Lipinski definition) is 1. The average molecular weight is 291 g/mol.